The Labute approximate surface area is 182 Å². The fourth-order valence-corrected chi connectivity index (χ4v) is 3.46. The average molecular weight is 427 g/mol. The van der Waals surface area contributed by atoms with Crippen LogP contribution in [-0.4, -0.2) is 42.4 Å². The van der Waals surface area contributed by atoms with E-state index in [1.807, 2.05) is 38.1 Å². The van der Waals surface area contributed by atoms with Gasteiger partial charge < -0.3 is 4.90 Å². The first-order valence-corrected chi connectivity index (χ1v) is 10.3. The van der Waals surface area contributed by atoms with E-state index in [4.69, 9.17) is 11.6 Å². The van der Waals surface area contributed by atoms with E-state index < -0.39 is 0 Å². The van der Waals surface area contributed by atoms with E-state index in [0.29, 0.717) is 11.1 Å². The van der Waals surface area contributed by atoms with E-state index in [9.17, 15) is 4.79 Å². The topological polar surface area (TPSA) is 68.8 Å². The number of benzene rings is 1. The zero-order valence-electron chi connectivity index (χ0n) is 18.0. The van der Waals surface area contributed by atoms with E-state index in [0.717, 1.165) is 29.1 Å². The third kappa shape index (κ3) is 4.79. The number of hydrogen-bond donors (Lipinski definition) is 0. The van der Waals surface area contributed by atoms with Gasteiger partial charge in [0.1, 0.15) is 17.8 Å². The van der Waals surface area contributed by atoms with Crippen LogP contribution < -0.4 is 0 Å². The molecule has 2 heterocycles. The Morgan fingerprint density at radius 2 is 1.93 bits per heavy atom. The first-order chi connectivity index (χ1) is 14.3. The monoisotopic (exact) mass is 426 g/mol. The molecular formula is C22H27ClN6O. The molecule has 0 spiro atoms. The van der Waals surface area contributed by atoms with E-state index in [1.165, 1.54) is 6.33 Å². The molecule has 0 aliphatic heterocycles. The Hall–Kier alpha value is -2.93. The summed E-state index contributed by atoms with van der Waals surface area (Å²) in [7, 11) is 1.79. The molecule has 1 aromatic carbocycles. The maximum Gasteiger partial charge on any atom is 0.246 e. The Kier molecular flexibility index (Phi) is 6.72. The van der Waals surface area contributed by atoms with Gasteiger partial charge in [-0.25, -0.2) is 9.67 Å². The van der Waals surface area contributed by atoms with Gasteiger partial charge in [-0.2, -0.15) is 10.2 Å². The Morgan fingerprint density at radius 1 is 1.23 bits per heavy atom. The molecule has 0 saturated carbocycles. The van der Waals surface area contributed by atoms with Gasteiger partial charge in [0, 0.05) is 25.2 Å². The number of carbonyl (C=O) groups is 1. The molecule has 0 saturated heterocycles. The van der Waals surface area contributed by atoms with Crippen molar-refractivity contribution in [3.8, 4) is 5.69 Å². The smallest absolute Gasteiger partial charge is 0.246 e. The number of aromatic nitrogens is 5. The fraction of sp³-hybridized carbons (Fsp3) is 0.364. The van der Waals surface area contributed by atoms with E-state index >= 15 is 0 Å². The summed E-state index contributed by atoms with van der Waals surface area (Å²) >= 11 is 6.47. The van der Waals surface area contributed by atoms with Crippen molar-refractivity contribution < 1.29 is 4.79 Å². The first-order valence-electron chi connectivity index (χ1n) is 9.90. The lowest BCUT2D eigenvalue weighted by atomic mass is 10.1. The summed E-state index contributed by atoms with van der Waals surface area (Å²) < 4.78 is 3.48. The molecule has 3 rings (SSSR count). The fourth-order valence-electron chi connectivity index (χ4n) is 3.16. The summed E-state index contributed by atoms with van der Waals surface area (Å²) in [5.41, 5.74) is 3.54. The van der Waals surface area contributed by atoms with Crippen LogP contribution in [0.25, 0.3) is 11.8 Å². The molecular weight excluding hydrogens is 400 g/mol. The third-order valence-corrected chi connectivity index (χ3v) is 5.43. The molecule has 1 unspecified atom stereocenters. The SMILES string of the molecule is Cc1nn(CC(C)C)c(Cl)c1/C=C/C(=O)N(C)C(C)c1ccc(-n2cncn2)cc1. The van der Waals surface area contributed by atoms with Crippen LogP contribution in [0, 0.1) is 12.8 Å². The zero-order valence-corrected chi connectivity index (χ0v) is 18.7. The average Bonchev–Trinajstić information content (AvgIpc) is 3.34. The van der Waals surface area contributed by atoms with Crippen molar-refractivity contribution >= 4 is 23.6 Å². The van der Waals surface area contributed by atoms with Crippen LogP contribution in [0.1, 0.15) is 43.6 Å². The van der Waals surface area contributed by atoms with Crippen molar-refractivity contribution in [3.63, 3.8) is 0 Å². The maximum absolute atomic E-state index is 12.7. The number of carbonyl (C=O) groups excluding carboxylic acids is 1. The van der Waals surface area contributed by atoms with Crippen LogP contribution in [0.4, 0.5) is 0 Å². The Morgan fingerprint density at radius 3 is 2.53 bits per heavy atom. The van der Waals surface area contributed by atoms with Crippen LogP contribution in [0.2, 0.25) is 5.15 Å². The number of amides is 1. The highest BCUT2D eigenvalue weighted by Crippen LogP contribution is 2.24. The number of halogens is 1. The second-order valence-corrected chi connectivity index (χ2v) is 8.11. The second kappa shape index (κ2) is 9.26. The van der Waals surface area contributed by atoms with E-state index in [1.54, 1.807) is 39.8 Å². The molecule has 0 radical (unpaired) electrons. The molecule has 1 amide bonds. The predicted octanol–water partition coefficient (Wildman–Crippen LogP) is 4.31. The van der Waals surface area contributed by atoms with Gasteiger partial charge >= 0.3 is 0 Å². The van der Waals surface area contributed by atoms with Crippen molar-refractivity contribution in [1.29, 1.82) is 0 Å². The van der Waals surface area contributed by atoms with Gasteiger partial charge in [-0.05, 0) is 43.5 Å². The van der Waals surface area contributed by atoms with Crippen LogP contribution in [0.3, 0.4) is 0 Å². The van der Waals surface area contributed by atoms with Gasteiger partial charge in [0.05, 0.1) is 17.4 Å². The van der Waals surface area contributed by atoms with Crippen molar-refractivity contribution in [1.82, 2.24) is 29.4 Å². The predicted molar refractivity (Wildman–Crippen MR) is 118 cm³/mol. The summed E-state index contributed by atoms with van der Waals surface area (Å²) in [5, 5.41) is 9.17. The summed E-state index contributed by atoms with van der Waals surface area (Å²) in [5.74, 6) is 0.332. The van der Waals surface area contributed by atoms with E-state index in [-0.39, 0.29) is 11.9 Å². The molecule has 8 heteroatoms. The molecule has 0 aliphatic carbocycles. The second-order valence-electron chi connectivity index (χ2n) is 7.76. The molecule has 3 aromatic rings. The Balaban J connectivity index is 1.70. The molecule has 1 atom stereocenters. The zero-order chi connectivity index (χ0) is 21.8. The van der Waals surface area contributed by atoms with Gasteiger partial charge in [0.25, 0.3) is 0 Å². The summed E-state index contributed by atoms with van der Waals surface area (Å²) in [6, 6.07) is 7.81. The van der Waals surface area contributed by atoms with Crippen molar-refractivity contribution in [2.24, 2.45) is 5.92 Å². The number of likely N-dealkylation sites (N-methyl/N-ethyl adjacent to an activating group) is 1. The highest BCUT2D eigenvalue weighted by atomic mass is 35.5. The number of nitrogens with zero attached hydrogens (tertiary/aromatic N) is 6. The molecule has 0 fully saturated rings. The molecule has 158 valence electrons. The normalized spacial score (nSPS) is 12.6. The van der Waals surface area contributed by atoms with Crippen molar-refractivity contribution in [3.05, 3.63) is 65.0 Å². The molecule has 30 heavy (non-hydrogen) atoms. The lowest BCUT2D eigenvalue weighted by molar-refractivity contribution is -0.126. The summed E-state index contributed by atoms with van der Waals surface area (Å²) in [4.78, 5) is 18.4. The van der Waals surface area contributed by atoms with Crippen molar-refractivity contribution in [2.75, 3.05) is 7.05 Å². The Bertz CT molecular complexity index is 1020. The number of rotatable bonds is 7. The molecule has 2 aromatic heterocycles. The highest BCUT2D eigenvalue weighted by Gasteiger charge is 2.17. The van der Waals surface area contributed by atoms with Gasteiger partial charge in [-0.15, -0.1) is 0 Å². The molecule has 0 aliphatic rings. The lowest BCUT2D eigenvalue weighted by Gasteiger charge is -2.24. The van der Waals surface area contributed by atoms with Crippen LogP contribution in [0.15, 0.2) is 43.0 Å². The largest absolute Gasteiger partial charge is 0.335 e. The van der Waals surface area contributed by atoms with Crippen LogP contribution >= 0.6 is 11.6 Å². The minimum Gasteiger partial charge on any atom is -0.335 e. The molecule has 0 N–H and O–H groups in total. The lowest BCUT2D eigenvalue weighted by Crippen LogP contribution is -2.28. The number of aryl methyl sites for hydroxylation is 1. The van der Waals surface area contributed by atoms with Gasteiger partial charge in [-0.1, -0.05) is 37.6 Å². The standard InChI is InChI=1S/C22H27ClN6O/c1-15(2)12-28-22(23)20(16(3)26-28)10-11-21(30)27(5)17(4)18-6-8-19(9-7-18)29-14-24-13-25-29/h6-11,13-15,17H,12H2,1-5H3/b11-10+. The molecule has 0 bridgehead atoms. The quantitative estimate of drug-likeness (QED) is 0.528. The van der Waals surface area contributed by atoms with Gasteiger partial charge in [0.2, 0.25) is 5.91 Å². The summed E-state index contributed by atoms with van der Waals surface area (Å²) in [6.45, 7) is 8.86. The minimum atomic E-state index is -0.102. The minimum absolute atomic E-state index is 0.0906. The van der Waals surface area contributed by atoms with Crippen molar-refractivity contribution in [2.45, 2.75) is 40.3 Å². The molecule has 7 nitrogen and oxygen atoms in total. The highest BCUT2D eigenvalue weighted by molar-refractivity contribution is 6.31. The van der Waals surface area contributed by atoms with Gasteiger partial charge in [-0.3, -0.25) is 9.48 Å². The van der Waals surface area contributed by atoms with Crippen LogP contribution in [0.5, 0.6) is 0 Å². The van der Waals surface area contributed by atoms with E-state index in [2.05, 4.69) is 29.0 Å². The van der Waals surface area contributed by atoms with Crippen LogP contribution in [-0.2, 0) is 11.3 Å². The third-order valence-electron chi connectivity index (χ3n) is 5.03. The maximum atomic E-state index is 12.7. The van der Waals surface area contributed by atoms with Gasteiger partial charge in [0.15, 0.2) is 0 Å². The first kappa shape index (κ1) is 21.8. The number of hydrogen-bond acceptors (Lipinski definition) is 4. The summed E-state index contributed by atoms with van der Waals surface area (Å²) in [6.07, 6.45) is 6.45.